The molecule has 0 saturated heterocycles. The number of hydrogen-bond acceptors (Lipinski definition) is 3. The molecule has 2 aromatic carbocycles. The quantitative estimate of drug-likeness (QED) is 0.844. The van der Waals surface area contributed by atoms with Crippen LogP contribution in [0.15, 0.2) is 48.5 Å². The first-order chi connectivity index (χ1) is 10.5. The van der Waals surface area contributed by atoms with Gasteiger partial charge < -0.3 is 15.4 Å². The highest BCUT2D eigenvalue weighted by Crippen LogP contribution is 2.25. The van der Waals surface area contributed by atoms with E-state index in [0.717, 1.165) is 0 Å². The summed E-state index contributed by atoms with van der Waals surface area (Å²) >= 11 is 5.83. The predicted octanol–water partition coefficient (Wildman–Crippen LogP) is 3.99. The fraction of sp³-hybridized carbons (Fsp3) is 0.133. The van der Waals surface area contributed by atoms with Crippen molar-refractivity contribution >= 4 is 28.9 Å². The number of anilines is 2. The van der Waals surface area contributed by atoms with Gasteiger partial charge in [0.1, 0.15) is 5.75 Å². The largest absolute Gasteiger partial charge is 0.433 e. The smallest absolute Gasteiger partial charge is 0.387 e. The van der Waals surface area contributed by atoms with Crippen LogP contribution in [0.2, 0.25) is 5.02 Å². The minimum Gasteiger partial charge on any atom is -0.433 e. The number of carbonyl (C=O) groups excluding carboxylic acids is 1. The number of nitrogens with one attached hydrogen (secondary N) is 2. The molecule has 0 fully saturated rings. The van der Waals surface area contributed by atoms with E-state index in [4.69, 9.17) is 11.6 Å². The van der Waals surface area contributed by atoms with Crippen molar-refractivity contribution in [1.82, 2.24) is 0 Å². The van der Waals surface area contributed by atoms with Gasteiger partial charge in [0.2, 0.25) is 5.91 Å². The van der Waals surface area contributed by atoms with Crippen LogP contribution in [0.1, 0.15) is 0 Å². The Morgan fingerprint density at radius 3 is 2.68 bits per heavy atom. The summed E-state index contributed by atoms with van der Waals surface area (Å²) in [7, 11) is 0. The number of rotatable bonds is 6. The van der Waals surface area contributed by atoms with Crippen LogP contribution in [0, 0.1) is 0 Å². The summed E-state index contributed by atoms with van der Waals surface area (Å²) in [6, 6.07) is 12.9. The van der Waals surface area contributed by atoms with Crippen molar-refractivity contribution in [2.24, 2.45) is 0 Å². The summed E-state index contributed by atoms with van der Waals surface area (Å²) in [6.45, 7) is -2.99. The molecule has 0 aliphatic heterocycles. The molecule has 0 radical (unpaired) electrons. The Labute approximate surface area is 131 Å². The molecule has 2 N–H and O–H groups in total. The van der Waals surface area contributed by atoms with E-state index in [-0.39, 0.29) is 18.0 Å². The summed E-state index contributed by atoms with van der Waals surface area (Å²) in [6.07, 6.45) is 0. The van der Waals surface area contributed by atoms with Gasteiger partial charge in [0, 0.05) is 10.7 Å². The van der Waals surface area contributed by atoms with E-state index < -0.39 is 12.5 Å². The van der Waals surface area contributed by atoms with E-state index in [1.807, 2.05) is 0 Å². The minimum atomic E-state index is -2.96. The maximum atomic E-state index is 12.3. The summed E-state index contributed by atoms with van der Waals surface area (Å²) in [4.78, 5) is 11.9. The van der Waals surface area contributed by atoms with Crippen molar-refractivity contribution in [3.05, 3.63) is 53.6 Å². The highest BCUT2D eigenvalue weighted by atomic mass is 35.5. The zero-order valence-electron chi connectivity index (χ0n) is 11.4. The van der Waals surface area contributed by atoms with Gasteiger partial charge in [0.25, 0.3) is 0 Å². The van der Waals surface area contributed by atoms with Crippen molar-refractivity contribution in [2.75, 3.05) is 17.2 Å². The number of ether oxygens (including phenoxy) is 1. The van der Waals surface area contributed by atoms with Gasteiger partial charge in [0.05, 0.1) is 12.2 Å². The van der Waals surface area contributed by atoms with E-state index in [9.17, 15) is 13.6 Å². The van der Waals surface area contributed by atoms with E-state index in [2.05, 4.69) is 15.4 Å². The molecule has 2 rings (SSSR count). The molecule has 22 heavy (non-hydrogen) atoms. The average Bonchev–Trinajstić information content (AvgIpc) is 2.47. The first kappa shape index (κ1) is 16.0. The molecule has 0 spiro atoms. The lowest BCUT2D eigenvalue weighted by molar-refractivity contribution is -0.114. The van der Waals surface area contributed by atoms with Gasteiger partial charge in [-0.3, -0.25) is 4.79 Å². The maximum Gasteiger partial charge on any atom is 0.387 e. The van der Waals surface area contributed by atoms with Crippen LogP contribution in [0.5, 0.6) is 5.75 Å². The van der Waals surface area contributed by atoms with Crippen LogP contribution in [0.3, 0.4) is 0 Å². The van der Waals surface area contributed by atoms with Gasteiger partial charge in [0.15, 0.2) is 0 Å². The molecule has 116 valence electrons. The molecule has 0 atom stereocenters. The normalized spacial score (nSPS) is 10.4. The molecule has 0 aliphatic carbocycles. The fourth-order valence-corrected chi connectivity index (χ4v) is 1.93. The Balaban J connectivity index is 1.95. The third kappa shape index (κ3) is 4.89. The zero-order valence-corrected chi connectivity index (χ0v) is 12.1. The number of hydrogen-bond donors (Lipinski definition) is 2. The second kappa shape index (κ2) is 7.61. The number of benzene rings is 2. The fourth-order valence-electron chi connectivity index (χ4n) is 1.74. The SMILES string of the molecule is O=C(CNc1cccc(Cl)c1)Nc1ccccc1OC(F)F. The second-order valence-electron chi connectivity index (χ2n) is 4.29. The number of amides is 1. The molecule has 0 heterocycles. The van der Waals surface area contributed by atoms with E-state index in [0.29, 0.717) is 10.7 Å². The highest BCUT2D eigenvalue weighted by Gasteiger charge is 2.11. The first-order valence-corrected chi connectivity index (χ1v) is 6.75. The summed E-state index contributed by atoms with van der Waals surface area (Å²) in [5.41, 5.74) is 0.862. The molecule has 4 nitrogen and oxygen atoms in total. The monoisotopic (exact) mass is 326 g/mol. The number of para-hydroxylation sites is 2. The Morgan fingerprint density at radius 1 is 1.18 bits per heavy atom. The standard InChI is InChI=1S/C15H13ClF2N2O2/c16-10-4-3-5-11(8-10)19-9-14(21)20-12-6-1-2-7-13(12)22-15(17)18/h1-8,15,19H,9H2,(H,20,21). The molecule has 7 heteroatoms. The van der Waals surface area contributed by atoms with E-state index in [1.165, 1.54) is 18.2 Å². The maximum absolute atomic E-state index is 12.3. The van der Waals surface area contributed by atoms with Gasteiger partial charge in [-0.15, -0.1) is 0 Å². The van der Waals surface area contributed by atoms with Crippen LogP contribution in [-0.4, -0.2) is 19.1 Å². The number of halogens is 3. The Bertz CT molecular complexity index is 653. The van der Waals surface area contributed by atoms with Crippen LogP contribution in [0.4, 0.5) is 20.2 Å². The Morgan fingerprint density at radius 2 is 1.95 bits per heavy atom. The van der Waals surface area contributed by atoms with Crippen molar-refractivity contribution in [1.29, 1.82) is 0 Å². The topological polar surface area (TPSA) is 50.4 Å². The van der Waals surface area contributed by atoms with Gasteiger partial charge in [-0.25, -0.2) is 0 Å². The molecule has 0 aliphatic rings. The average molecular weight is 327 g/mol. The van der Waals surface area contributed by atoms with Crippen molar-refractivity contribution in [3.63, 3.8) is 0 Å². The Kier molecular flexibility index (Phi) is 5.55. The lowest BCUT2D eigenvalue weighted by Crippen LogP contribution is -2.22. The molecule has 0 aromatic heterocycles. The number of alkyl halides is 2. The zero-order chi connectivity index (χ0) is 15.9. The summed E-state index contributed by atoms with van der Waals surface area (Å²) in [5.74, 6) is -0.487. The minimum absolute atomic E-state index is 0.0383. The van der Waals surface area contributed by atoms with Gasteiger partial charge in [-0.1, -0.05) is 29.8 Å². The van der Waals surface area contributed by atoms with Gasteiger partial charge in [-0.05, 0) is 30.3 Å². The summed E-state index contributed by atoms with van der Waals surface area (Å²) in [5, 5.41) is 5.93. The predicted molar refractivity (Wildman–Crippen MR) is 81.6 cm³/mol. The lowest BCUT2D eigenvalue weighted by atomic mass is 10.3. The Hall–Kier alpha value is -2.34. The van der Waals surface area contributed by atoms with Crippen molar-refractivity contribution in [3.8, 4) is 5.75 Å². The third-order valence-corrected chi connectivity index (χ3v) is 2.89. The first-order valence-electron chi connectivity index (χ1n) is 6.38. The van der Waals surface area contributed by atoms with Crippen molar-refractivity contribution in [2.45, 2.75) is 6.61 Å². The van der Waals surface area contributed by atoms with E-state index >= 15 is 0 Å². The summed E-state index contributed by atoms with van der Waals surface area (Å²) < 4.78 is 28.9. The van der Waals surface area contributed by atoms with Crippen molar-refractivity contribution < 1.29 is 18.3 Å². The number of carbonyl (C=O) groups is 1. The van der Waals surface area contributed by atoms with Crippen LogP contribution in [0.25, 0.3) is 0 Å². The van der Waals surface area contributed by atoms with Gasteiger partial charge >= 0.3 is 6.61 Å². The van der Waals surface area contributed by atoms with Crippen LogP contribution >= 0.6 is 11.6 Å². The molecule has 2 aromatic rings. The molecule has 1 amide bonds. The van der Waals surface area contributed by atoms with Crippen LogP contribution < -0.4 is 15.4 Å². The third-order valence-electron chi connectivity index (χ3n) is 2.65. The second-order valence-corrected chi connectivity index (χ2v) is 4.72. The van der Waals surface area contributed by atoms with Gasteiger partial charge in [-0.2, -0.15) is 8.78 Å². The molecular formula is C15H13ClF2N2O2. The lowest BCUT2D eigenvalue weighted by Gasteiger charge is -2.12. The highest BCUT2D eigenvalue weighted by molar-refractivity contribution is 6.30. The van der Waals surface area contributed by atoms with E-state index in [1.54, 1.807) is 30.3 Å². The molecule has 0 saturated carbocycles. The van der Waals surface area contributed by atoms with Crippen LogP contribution in [-0.2, 0) is 4.79 Å². The molecular weight excluding hydrogens is 314 g/mol. The molecule has 0 bridgehead atoms. The molecule has 0 unspecified atom stereocenters.